The first-order valence-corrected chi connectivity index (χ1v) is 8.82. The third-order valence-electron chi connectivity index (χ3n) is 3.56. The maximum absolute atomic E-state index is 12.2. The van der Waals surface area contributed by atoms with Crippen LogP contribution in [0.5, 0.6) is 0 Å². The second-order valence-electron chi connectivity index (χ2n) is 6.32. The summed E-state index contributed by atoms with van der Waals surface area (Å²) in [7, 11) is 0. The van der Waals surface area contributed by atoms with E-state index < -0.39 is 60.2 Å². The second kappa shape index (κ2) is 11.4. The van der Waals surface area contributed by atoms with Gasteiger partial charge in [0.15, 0.2) is 0 Å². The van der Waals surface area contributed by atoms with Gasteiger partial charge < -0.3 is 32.5 Å². The van der Waals surface area contributed by atoms with Gasteiger partial charge in [-0.05, 0) is 12.8 Å². The molecule has 0 aromatic rings. The highest BCUT2D eigenvalue weighted by atomic mass is 32.1. The standard InChI is InChI=1S/C15H27N5O6S/c1-6(2)11(15(25)26)20-12(22)7(3)18-14(24)9(5-27)19-13(23)8(16)4-10(17)21/h6-9,11,27H,4-5,16H2,1-3H3,(H2,17,21)(H,18,24)(H,19,23)(H,20,22)(H,25,26). The zero-order chi connectivity index (χ0) is 21.3. The van der Waals surface area contributed by atoms with Gasteiger partial charge in [0.05, 0.1) is 12.5 Å². The van der Waals surface area contributed by atoms with Crippen molar-refractivity contribution in [3.8, 4) is 0 Å². The first kappa shape index (κ1) is 24.7. The van der Waals surface area contributed by atoms with Gasteiger partial charge in [-0.2, -0.15) is 12.6 Å². The Morgan fingerprint density at radius 1 is 0.963 bits per heavy atom. The number of hydrogen-bond acceptors (Lipinski definition) is 7. The Balaban J connectivity index is 4.81. The van der Waals surface area contributed by atoms with Crippen LogP contribution in [0.25, 0.3) is 0 Å². The molecule has 0 fully saturated rings. The summed E-state index contributed by atoms with van der Waals surface area (Å²) in [6.07, 6.45) is -0.392. The molecule has 4 atom stereocenters. The average Bonchev–Trinajstić information content (AvgIpc) is 2.55. The molecule has 4 amide bonds. The maximum Gasteiger partial charge on any atom is 0.326 e. The van der Waals surface area contributed by atoms with E-state index in [1.54, 1.807) is 13.8 Å². The summed E-state index contributed by atoms with van der Waals surface area (Å²) in [6.45, 7) is 4.62. The molecule has 0 rings (SSSR count). The zero-order valence-electron chi connectivity index (χ0n) is 15.4. The van der Waals surface area contributed by atoms with Gasteiger partial charge in [0, 0.05) is 5.75 Å². The third kappa shape index (κ3) is 8.73. The number of amides is 4. The smallest absolute Gasteiger partial charge is 0.326 e. The fourth-order valence-corrected chi connectivity index (χ4v) is 2.21. The summed E-state index contributed by atoms with van der Waals surface area (Å²) >= 11 is 3.97. The zero-order valence-corrected chi connectivity index (χ0v) is 16.3. The van der Waals surface area contributed by atoms with Crippen molar-refractivity contribution in [2.24, 2.45) is 17.4 Å². The van der Waals surface area contributed by atoms with E-state index in [0.717, 1.165) is 0 Å². The van der Waals surface area contributed by atoms with Crippen LogP contribution >= 0.6 is 12.6 Å². The van der Waals surface area contributed by atoms with Gasteiger partial charge in [-0.3, -0.25) is 19.2 Å². The second-order valence-corrected chi connectivity index (χ2v) is 6.68. The van der Waals surface area contributed by atoms with E-state index in [1.807, 2.05) is 0 Å². The number of carbonyl (C=O) groups is 5. The van der Waals surface area contributed by atoms with Crippen molar-refractivity contribution in [3.63, 3.8) is 0 Å². The van der Waals surface area contributed by atoms with E-state index in [1.165, 1.54) is 6.92 Å². The molecule has 0 aromatic carbocycles. The first-order chi connectivity index (χ1) is 12.4. The summed E-state index contributed by atoms with van der Waals surface area (Å²) in [5.41, 5.74) is 10.4. The quantitative estimate of drug-likeness (QED) is 0.182. The molecule has 0 heterocycles. The summed E-state index contributed by atoms with van der Waals surface area (Å²) in [5, 5.41) is 16.1. The number of thiol groups is 1. The molecule has 0 aromatic heterocycles. The average molecular weight is 405 g/mol. The van der Waals surface area contributed by atoms with Gasteiger partial charge in [0.2, 0.25) is 23.6 Å². The number of rotatable bonds is 11. The van der Waals surface area contributed by atoms with Crippen molar-refractivity contribution in [1.82, 2.24) is 16.0 Å². The topological polar surface area (TPSA) is 194 Å². The summed E-state index contributed by atoms with van der Waals surface area (Å²) in [6, 6.07) is -4.50. The summed E-state index contributed by atoms with van der Waals surface area (Å²) in [5.74, 6) is -4.60. The number of carbonyl (C=O) groups excluding carboxylic acids is 4. The Hall–Kier alpha value is -2.34. The number of nitrogens with one attached hydrogen (secondary N) is 3. The molecule has 12 heteroatoms. The van der Waals surface area contributed by atoms with E-state index in [2.05, 4.69) is 28.6 Å². The van der Waals surface area contributed by atoms with Gasteiger partial charge in [-0.25, -0.2) is 4.79 Å². The molecular weight excluding hydrogens is 378 g/mol. The lowest BCUT2D eigenvalue weighted by molar-refractivity contribution is -0.143. The number of hydrogen-bond donors (Lipinski definition) is 7. The lowest BCUT2D eigenvalue weighted by Crippen LogP contribution is -2.57. The Morgan fingerprint density at radius 3 is 1.93 bits per heavy atom. The van der Waals surface area contributed by atoms with E-state index in [4.69, 9.17) is 16.6 Å². The maximum atomic E-state index is 12.2. The van der Waals surface area contributed by atoms with Crippen LogP contribution < -0.4 is 27.4 Å². The van der Waals surface area contributed by atoms with Gasteiger partial charge in [0.25, 0.3) is 0 Å². The minimum atomic E-state index is -1.22. The van der Waals surface area contributed by atoms with Crippen LogP contribution in [0, 0.1) is 5.92 Å². The van der Waals surface area contributed by atoms with Gasteiger partial charge >= 0.3 is 5.97 Å². The van der Waals surface area contributed by atoms with Crippen LogP contribution in [0.4, 0.5) is 0 Å². The van der Waals surface area contributed by atoms with Crippen molar-refractivity contribution in [3.05, 3.63) is 0 Å². The molecule has 0 aliphatic rings. The SMILES string of the molecule is CC(NC(=O)C(CS)NC(=O)C(N)CC(N)=O)C(=O)NC(C(=O)O)C(C)C. The minimum Gasteiger partial charge on any atom is -0.480 e. The molecule has 0 aliphatic carbocycles. The summed E-state index contributed by atoms with van der Waals surface area (Å²) in [4.78, 5) is 58.1. The van der Waals surface area contributed by atoms with Gasteiger partial charge in [0.1, 0.15) is 18.1 Å². The van der Waals surface area contributed by atoms with Crippen LogP contribution in [0.3, 0.4) is 0 Å². The molecule has 0 aliphatic heterocycles. The van der Waals surface area contributed by atoms with Gasteiger partial charge in [-0.15, -0.1) is 0 Å². The molecule has 0 bridgehead atoms. The largest absolute Gasteiger partial charge is 0.480 e. The highest BCUT2D eigenvalue weighted by molar-refractivity contribution is 7.80. The fraction of sp³-hybridized carbons (Fsp3) is 0.667. The van der Waals surface area contributed by atoms with Crippen LogP contribution in [-0.2, 0) is 24.0 Å². The normalized spacial score (nSPS) is 15.2. The number of carboxylic acid groups (broad SMARTS) is 1. The Morgan fingerprint density at radius 2 is 1.52 bits per heavy atom. The van der Waals surface area contributed by atoms with Crippen molar-refractivity contribution >= 4 is 42.2 Å². The van der Waals surface area contributed by atoms with E-state index in [9.17, 15) is 24.0 Å². The van der Waals surface area contributed by atoms with Crippen LogP contribution in [-0.4, -0.2) is 64.6 Å². The molecule has 0 radical (unpaired) electrons. The number of primary amides is 1. The van der Waals surface area contributed by atoms with Crippen LogP contribution in [0.2, 0.25) is 0 Å². The molecule has 27 heavy (non-hydrogen) atoms. The number of carboxylic acids is 1. The van der Waals surface area contributed by atoms with Crippen LogP contribution in [0.1, 0.15) is 27.2 Å². The Kier molecular flexibility index (Phi) is 10.4. The molecule has 0 saturated heterocycles. The van der Waals surface area contributed by atoms with E-state index >= 15 is 0 Å². The predicted octanol–water partition coefficient (Wildman–Crippen LogP) is -2.67. The first-order valence-electron chi connectivity index (χ1n) is 8.19. The van der Waals surface area contributed by atoms with Gasteiger partial charge in [-0.1, -0.05) is 13.8 Å². The molecule has 0 saturated carbocycles. The third-order valence-corrected chi connectivity index (χ3v) is 3.92. The van der Waals surface area contributed by atoms with Crippen molar-refractivity contribution < 1.29 is 29.1 Å². The fourth-order valence-electron chi connectivity index (χ4n) is 1.95. The van der Waals surface area contributed by atoms with Crippen molar-refractivity contribution in [2.75, 3.05) is 5.75 Å². The Bertz CT molecular complexity index is 585. The number of nitrogens with two attached hydrogens (primary N) is 2. The molecule has 154 valence electrons. The minimum absolute atomic E-state index is 0.0983. The molecule has 8 N–H and O–H groups in total. The highest BCUT2D eigenvalue weighted by Crippen LogP contribution is 2.02. The monoisotopic (exact) mass is 405 g/mol. The lowest BCUT2D eigenvalue weighted by Gasteiger charge is -2.23. The molecule has 0 spiro atoms. The predicted molar refractivity (Wildman–Crippen MR) is 99.6 cm³/mol. The summed E-state index contributed by atoms with van der Waals surface area (Å²) < 4.78 is 0. The van der Waals surface area contributed by atoms with E-state index in [-0.39, 0.29) is 11.7 Å². The molecule has 4 unspecified atom stereocenters. The van der Waals surface area contributed by atoms with E-state index in [0.29, 0.717) is 0 Å². The highest BCUT2D eigenvalue weighted by Gasteiger charge is 2.29. The van der Waals surface area contributed by atoms with Crippen molar-refractivity contribution in [2.45, 2.75) is 51.4 Å². The lowest BCUT2D eigenvalue weighted by atomic mass is 10.0. The Labute approximate surface area is 162 Å². The van der Waals surface area contributed by atoms with Crippen LogP contribution in [0.15, 0.2) is 0 Å². The molecule has 11 nitrogen and oxygen atoms in total. The van der Waals surface area contributed by atoms with Crippen molar-refractivity contribution in [1.29, 1.82) is 0 Å². The molecular formula is C15H27N5O6S. The number of aliphatic carboxylic acids is 1.